The number of carboxylic acid groups (broad SMARTS) is 1. The molecule has 0 unspecified atom stereocenters. The Bertz CT molecular complexity index is 1140. The van der Waals surface area contributed by atoms with Crippen molar-refractivity contribution in [3.8, 4) is 11.1 Å². The van der Waals surface area contributed by atoms with E-state index in [-0.39, 0.29) is 19.5 Å². The number of likely N-dealkylation sites (tertiary alicyclic amines) is 1. The van der Waals surface area contributed by atoms with E-state index in [2.05, 4.69) is 15.1 Å². The Balaban J connectivity index is 1.69. The molecule has 162 valence electrons. The molecule has 0 radical (unpaired) electrons. The molecule has 0 bridgehead atoms. The highest BCUT2D eigenvalue weighted by Crippen LogP contribution is 2.29. The number of carbonyl (C=O) groups is 2. The van der Waals surface area contributed by atoms with Crippen molar-refractivity contribution in [3.63, 3.8) is 0 Å². The molecule has 3 atom stereocenters. The quantitative estimate of drug-likeness (QED) is 0.638. The van der Waals surface area contributed by atoms with Gasteiger partial charge in [-0.1, -0.05) is 6.07 Å². The molecule has 1 aliphatic rings. The third kappa shape index (κ3) is 3.98. The largest absolute Gasteiger partial charge is 0.480 e. The molecule has 3 heterocycles. The van der Waals surface area contributed by atoms with Gasteiger partial charge in [-0.15, -0.1) is 0 Å². The molecule has 4 rings (SSSR count). The molecular formula is C21H22FN5O4. The normalized spacial score (nSPS) is 19.7. The Hall–Kier alpha value is -3.40. The summed E-state index contributed by atoms with van der Waals surface area (Å²) in [7, 11) is 0. The van der Waals surface area contributed by atoms with Crippen LogP contribution in [0.25, 0.3) is 22.0 Å². The first-order valence-electron chi connectivity index (χ1n) is 9.88. The van der Waals surface area contributed by atoms with Gasteiger partial charge in [0.1, 0.15) is 24.6 Å². The lowest BCUT2D eigenvalue weighted by molar-refractivity contribution is -0.148. The first-order chi connectivity index (χ1) is 14.7. The summed E-state index contributed by atoms with van der Waals surface area (Å²) < 4.78 is 15.2. The summed E-state index contributed by atoms with van der Waals surface area (Å²) >= 11 is 0. The molecule has 31 heavy (non-hydrogen) atoms. The number of nitrogens with zero attached hydrogens (tertiary/aromatic N) is 5. The molecule has 0 saturated carbocycles. The molecule has 1 fully saturated rings. The van der Waals surface area contributed by atoms with Crippen LogP contribution in [0.1, 0.15) is 31.0 Å². The molecule has 10 heteroatoms. The number of fused-ring (bicyclic) bond motifs is 1. The molecule has 2 N–H and O–H groups in total. The molecule has 1 aliphatic heterocycles. The van der Waals surface area contributed by atoms with E-state index < -0.39 is 30.2 Å². The lowest BCUT2D eigenvalue weighted by Crippen LogP contribution is -2.42. The molecule has 3 aromatic rings. The van der Waals surface area contributed by atoms with Crippen molar-refractivity contribution in [1.82, 2.24) is 24.6 Å². The maximum Gasteiger partial charge on any atom is 0.326 e. The van der Waals surface area contributed by atoms with Crippen LogP contribution in [0.3, 0.4) is 0 Å². The monoisotopic (exact) mass is 427 g/mol. The number of benzene rings is 1. The minimum atomic E-state index is -1.37. The number of aliphatic hydroxyl groups excluding tert-OH is 1. The van der Waals surface area contributed by atoms with Crippen LogP contribution in [-0.4, -0.2) is 65.5 Å². The van der Waals surface area contributed by atoms with Crippen molar-refractivity contribution in [2.24, 2.45) is 0 Å². The highest BCUT2D eigenvalue weighted by Gasteiger charge is 2.40. The van der Waals surface area contributed by atoms with Crippen molar-refractivity contribution < 1.29 is 24.2 Å². The summed E-state index contributed by atoms with van der Waals surface area (Å²) in [6.07, 6.45) is 0.921. The number of hydrogen-bond donors (Lipinski definition) is 2. The molecular weight excluding hydrogens is 405 g/mol. The second kappa shape index (κ2) is 8.03. The van der Waals surface area contributed by atoms with Gasteiger partial charge >= 0.3 is 5.97 Å². The number of aryl methyl sites for hydroxylation is 1. The van der Waals surface area contributed by atoms with Gasteiger partial charge in [-0.2, -0.15) is 5.10 Å². The van der Waals surface area contributed by atoms with Crippen LogP contribution in [-0.2, 0) is 16.1 Å². The van der Waals surface area contributed by atoms with E-state index in [4.69, 9.17) is 0 Å². The fraction of sp³-hybridized carbons (Fsp3) is 0.381. The topological polar surface area (TPSA) is 121 Å². The maximum atomic E-state index is 13.8. The average molecular weight is 427 g/mol. The summed E-state index contributed by atoms with van der Waals surface area (Å²) in [6, 6.07) is 4.26. The zero-order valence-corrected chi connectivity index (χ0v) is 17.1. The van der Waals surface area contributed by atoms with E-state index in [0.717, 1.165) is 16.0 Å². The number of halogens is 1. The summed E-state index contributed by atoms with van der Waals surface area (Å²) in [4.78, 5) is 33.6. The van der Waals surface area contributed by atoms with Gasteiger partial charge in [0.25, 0.3) is 0 Å². The summed E-state index contributed by atoms with van der Waals surface area (Å²) in [5.74, 6) is -1.11. The first-order valence-corrected chi connectivity index (χ1v) is 9.88. The zero-order chi connectivity index (χ0) is 22.3. The average Bonchev–Trinajstić information content (AvgIpc) is 3.29. The second-order valence-corrected chi connectivity index (χ2v) is 7.70. The number of aromatic nitrogens is 4. The maximum absolute atomic E-state index is 13.8. The van der Waals surface area contributed by atoms with Gasteiger partial charge in [0.15, 0.2) is 0 Å². The first kappa shape index (κ1) is 20.9. The third-order valence-corrected chi connectivity index (χ3v) is 5.43. The van der Waals surface area contributed by atoms with Crippen LogP contribution < -0.4 is 0 Å². The number of aliphatic hydroxyl groups is 1. The number of alkyl halides is 1. The Morgan fingerprint density at radius 3 is 2.61 bits per heavy atom. The van der Waals surface area contributed by atoms with E-state index in [9.17, 15) is 24.2 Å². The molecule has 2 aromatic heterocycles. The molecule has 9 nitrogen and oxygen atoms in total. The number of aliphatic carboxylic acids is 1. The summed E-state index contributed by atoms with van der Waals surface area (Å²) in [5, 5.41) is 24.5. The van der Waals surface area contributed by atoms with E-state index in [0.29, 0.717) is 22.4 Å². The number of hydrogen-bond acceptors (Lipinski definition) is 6. The van der Waals surface area contributed by atoms with Crippen molar-refractivity contribution in [2.45, 2.75) is 45.1 Å². The van der Waals surface area contributed by atoms with Crippen molar-refractivity contribution in [3.05, 3.63) is 42.1 Å². The molecule has 0 aliphatic carbocycles. The molecule has 1 aromatic carbocycles. The van der Waals surface area contributed by atoms with Crippen molar-refractivity contribution >= 4 is 22.8 Å². The summed E-state index contributed by atoms with van der Waals surface area (Å²) in [6.45, 7) is 2.85. The van der Waals surface area contributed by atoms with E-state index in [1.54, 1.807) is 32.3 Å². The van der Waals surface area contributed by atoms with Crippen molar-refractivity contribution in [1.29, 1.82) is 0 Å². The minimum Gasteiger partial charge on any atom is -0.480 e. The molecule has 1 saturated heterocycles. The van der Waals surface area contributed by atoms with Gasteiger partial charge in [0.2, 0.25) is 5.91 Å². The Kier molecular flexibility index (Phi) is 5.40. The van der Waals surface area contributed by atoms with E-state index in [1.165, 1.54) is 4.68 Å². The van der Waals surface area contributed by atoms with Crippen molar-refractivity contribution in [2.75, 3.05) is 6.54 Å². The number of carboxylic acids is 1. The summed E-state index contributed by atoms with van der Waals surface area (Å²) in [5.41, 5.74) is 2.61. The van der Waals surface area contributed by atoms with Crippen LogP contribution in [0, 0.1) is 6.92 Å². The van der Waals surface area contributed by atoms with Gasteiger partial charge in [-0.3, -0.25) is 9.48 Å². The smallest absolute Gasteiger partial charge is 0.326 e. The third-order valence-electron chi connectivity index (χ3n) is 5.43. The van der Waals surface area contributed by atoms with Crippen LogP contribution in [0.15, 0.2) is 30.6 Å². The highest BCUT2D eigenvalue weighted by molar-refractivity contribution is 5.89. The fourth-order valence-electron chi connectivity index (χ4n) is 3.87. The highest BCUT2D eigenvalue weighted by atomic mass is 19.1. The SMILES string of the molecule is Cc1ncc(-c2ccc3c(c2)c([C@H](C)O)nn3CC(=O)N2C[C@H](F)C[C@H]2C(=O)O)cn1. The number of carbonyl (C=O) groups excluding carboxylic acids is 1. The van der Waals surface area contributed by atoms with Crippen LogP contribution in [0.2, 0.25) is 0 Å². The van der Waals surface area contributed by atoms with Crippen LogP contribution in [0.4, 0.5) is 4.39 Å². The fourth-order valence-corrected chi connectivity index (χ4v) is 3.87. The van der Waals surface area contributed by atoms with E-state index >= 15 is 0 Å². The number of rotatable bonds is 5. The van der Waals surface area contributed by atoms with Gasteiger partial charge in [-0.05, 0) is 31.5 Å². The molecule has 0 spiro atoms. The van der Waals surface area contributed by atoms with Gasteiger partial charge in [0, 0.05) is 29.8 Å². The zero-order valence-electron chi connectivity index (χ0n) is 17.1. The van der Waals surface area contributed by atoms with Gasteiger partial charge in [0.05, 0.1) is 23.9 Å². The molecule has 1 amide bonds. The lowest BCUT2D eigenvalue weighted by atomic mass is 10.0. The van der Waals surface area contributed by atoms with E-state index in [1.807, 2.05) is 12.1 Å². The second-order valence-electron chi connectivity index (χ2n) is 7.70. The Morgan fingerprint density at radius 2 is 1.97 bits per heavy atom. The Labute approximate surface area is 177 Å². The standard InChI is InChI=1S/C21H22FN5O4/c1-11(28)20-16-5-13(14-7-23-12(2)24-8-14)3-4-17(16)27(25-20)10-19(29)26-9-15(22)6-18(26)21(30)31/h3-5,7-8,11,15,18,28H,6,9-10H2,1-2H3,(H,30,31)/t11-,15+,18-/m0/s1. The Morgan fingerprint density at radius 1 is 1.26 bits per heavy atom. The van der Waals surface area contributed by atoms with Gasteiger partial charge in [-0.25, -0.2) is 19.2 Å². The predicted octanol–water partition coefficient (Wildman–Crippen LogP) is 1.88. The predicted molar refractivity (Wildman–Crippen MR) is 109 cm³/mol. The minimum absolute atomic E-state index is 0.220. The van der Waals surface area contributed by atoms with Crippen LogP contribution >= 0.6 is 0 Å². The van der Waals surface area contributed by atoms with Crippen LogP contribution in [0.5, 0.6) is 0 Å². The lowest BCUT2D eigenvalue weighted by Gasteiger charge is -2.21. The number of amides is 1. The van der Waals surface area contributed by atoms with Gasteiger partial charge < -0.3 is 15.1 Å².